The Kier molecular flexibility index (Phi) is 4.48. The average molecular weight is 364 g/mol. The summed E-state index contributed by atoms with van der Waals surface area (Å²) in [5.41, 5.74) is 1.83. The molecule has 5 heteroatoms. The standard InChI is InChI=1S/C22H28N4O/c27-22(19-5-8-20(9-6-19)24-11-10-23-16-24)26-14-18-4-7-21(15-26)25(13-18)12-17-2-1-3-17/h5-6,8-11,16-18,21H,1-4,7,12-15H2/t18-,21-/m0/s1. The van der Waals surface area contributed by atoms with E-state index in [1.54, 1.807) is 12.5 Å². The van der Waals surface area contributed by atoms with E-state index in [2.05, 4.69) is 14.8 Å². The predicted molar refractivity (Wildman–Crippen MR) is 105 cm³/mol. The Morgan fingerprint density at radius 2 is 1.89 bits per heavy atom. The number of fused-ring (bicyclic) bond motifs is 4. The molecule has 1 aliphatic carbocycles. The first-order valence-electron chi connectivity index (χ1n) is 10.4. The molecule has 0 radical (unpaired) electrons. The largest absolute Gasteiger partial charge is 0.337 e. The van der Waals surface area contributed by atoms with Crippen LogP contribution < -0.4 is 0 Å². The van der Waals surface area contributed by atoms with Crippen LogP contribution in [0.1, 0.15) is 42.5 Å². The van der Waals surface area contributed by atoms with Gasteiger partial charge in [-0.1, -0.05) is 6.42 Å². The molecule has 0 unspecified atom stereocenters. The number of carbonyl (C=O) groups is 1. The maximum atomic E-state index is 13.2. The van der Waals surface area contributed by atoms with Gasteiger partial charge in [0.2, 0.25) is 0 Å². The summed E-state index contributed by atoms with van der Waals surface area (Å²) in [6.07, 6.45) is 12.2. The summed E-state index contributed by atoms with van der Waals surface area (Å²) < 4.78 is 1.96. The minimum atomic E-state index is 0.189. The number of benzene rings is 1. The third kappa shape index (κ3) is 3.41. The van der Waals surface area contributed by atoms with Crippen molar-refractivity contribution in [3.8, 4) is 5.69 Å². The maximum Gasteiger partial charge on any atom is 0.253 e. The smallest absolute Gasteiger partial charge is 0.253 e. The molecule has 3 saturated heterocycles. The van der Waals surface area contributed by atoms with Gasteiger partial charge in [0.25, 0.3) is 5.91 Å². The van der Waals surface area contributed by atoms with E-state index in [9.17, 15) is 4.79 Å². The molecule has 4 fully saturated rings. The first-order valence-corrected chi connectivity index (χ1v) is 10.4. The summed E-state index contributed by atoms with van der Waals surface area (Å²) in [4.78, 5) is 22.1. The van der Waals surface area contributed by atoms with Gasteiger partial charge in [-0.05, 0) is 61.8 Å². The third-order valence-corrected chi connectivity index (χ3v) is 6.75. The van der Waals surface area contributed by atoms with E-state index >= 15 is 0 Å². The van der Waals surface area contributed by atoms with Crippen LogP contribution in [0.15, 0.2) is 43.0 Å². The van der Waals surface area contributed by atoms with Crippen LogP contribution in [0.5, 0.6) is 0 Å². The minimum Gasteiger partial charge on any atom is -0.337 e. The van der Waals surface area contributed by atoms with Crippen molar-refractivity contribution in [2.75, 3.05) is 26.2 Å². The van der Waals surface area contributed by atoms with Crippen LogP contribution in [0, 0.1) is 11.8 Å². The van der Waals surface area contributed by atoms with Crippen LogP contribution in [-0.4, -0.2) is 57.5 Å². The number of hydrogen-bond acceptors (Lipinski definition) is 3. The van der Waals surface area contributed by atoms with E-state index < -0.39 is 0 Å². The van der Waals surface area contributed by atoms with Gasteiger partial charge in [0.1, 0.15) is 0 Å². The Balaban J connectivity index is 1.29. The summed E-state index contributed by atoms with van der Waals surface area (Å²) in [5, 5.41) is 0. The summed E-state index contributed by atoms with van der Waals surface area (Å²) in [7, 11) is 0. The molecule has 2 aromatic rings. The minimum absolute atomic E-state index is 0.189. The predicted octanol–water partition coefficient (Wildman–Crippen LogP) is 3.21. The van der Waals surface area contributed by atoms with Crippen molar-refractivity contribution in [2.45, 2.75) is 38.1 Å². The van der Waals surface area contributed by atoms with E-state index in [1.165, 1.54) is 45.2 Å². The van der Waals surface area contributed by atoms with Crippen molar-refractivity contribution in [2.24, 2.45) is 11.8 Å². The van der Waals surface area contributed by atoms with Crippen molar-refractivity contribution in [1.82, 2.24) is 19.4 Å². The monoisotopic (exact) mass is 364 g/mol. The van der Waals surface area contributed by atoms with Crippen LogP contribution in [0.2, 0.25) is 0 Å². The summed E-state index contributed by atoms with van der Waals surface area (Å²) in [6, 6.07) is 8.47. The lowest BCUT2D eigenvalue weighted by atomic mass is 9.83. The van der Waals surface area contributed by atoms with Gasteiger partial charge in [-0.3, -0.25) is 9.69 Å². The van der Waals surface area contributed by atoms with Crippen molar-refractivity contribution >= 4 is 5.91 Å². The Bertz CT molecular complexity index is 781. The summed E-state index contributed by atoms with van der Waals surface area (Å²) in [5.74, 6) is 1.73. The SMILES string of the molecule is O=C(c1ccc(-n2ccnc2)cc1)N1C[C@H]2CC[C@@H](C1)N(CC1CCC1)C2. The van der Waals surface area contributed by atoms with Gasteiger partial charge in [-0.15, -0.1) is 0 Å². The van der Waals surface area contributed by atoms with E-state index in [4.69, 9.17) is 0 Å². The van der Waals surface area contributed by atoms with Crippen molar-refractivity contribution in [1.29, 1.82) is 0 Å². The van der Waals surface area contributed by atoms with Gasteiger partial charge in [-0.25, -0.2) is 4.98 Å². The van der Waals surface area contributed by atoms with Gasteiger partial charge in [0, 0.05) is 55.9 Å². The van der Waals surface area contributed by atoms with E-state index in [0.29, 0.717) is 12.0 Å². The molecular weight excluding hydrogens is 336 g/mol. The van der Waals surface area contributed by atoms with Crippen molar-refractivity contribution in [3.63, 3.8) is 0 Å². The lowest BCUT2D eigenvalue weighted by Gasteiger charge is -2.40. The second-order valence-electron chi connectivity index (χ2n) is 8.57. The molecular formula is C22H28N4O. The zero-order valence-electron chi connectivity index (χ0n) is 15.8. The molecule has 4 heterocycles. The van der Waals surface area contributed by atoms with Crippen LogP contribution in [-0.2, 0) is 0 Å². The highest BCUT2D eigenvalue weighted by atomic mass is 16.2. The lowest BCUT2D eigenvalue weighted by molar-refractivity contribution is 0.0717. The van der Waals surface area contributed by atoms with Gasteiger partial charge in [0.05, 0.1) is 6.33 Å². The molecule has 4 aliphatic rings. The topological polar surface area (TPSA) is 41.4 Å². The second kappa shape index (κ2) is 7.12. The van der Waals surface area contributed by atoms with Gasteiger partial charge in [0.15, 0.2) is 0 Å². The number of amides is 1. The van der Waals surface area contributed by atoms with Crippen molar-refractivity contribution in [3.05, 3.63) is 48.5 Å². The highest BCUT2D eigenvalue weighted by molar-refractivity contribution is 5.94. The molecule has 1 aromatic carbocycles. The summed E-state index contributed by atoms with van der Waals surface area (Å²) >= 11 is 0. The van der Waals surface area contributed by atoms with Crippen LogP contribution in [0.25, 0.3) is 5.69 Å². The lowest BCUT2D eigenvalue weighted by Crippen LogP contribution is -2.47. The van der Waals surface area contributed by atoms with Crippen LogP contribution in [0.3, 0.4) is 0 Å². The fourth-order valence-electron chi connectivity index (χ4n) is 4.95. The van der Waals surface area contributed by atoms with Gasteiger partial charge < -0.3 is 9.47 Å². The number of aromatic nitrogens is 2. The third-order valence-electron chi connectivity index (χ3n) is 6.75. The second-order valence-corrected chi connectivity index (χ2v) is 8.57. The first kappa shape index (κ1) is 17.0. The first-order chi connectivity index (χ1) is 13.3. The number of piperidine rings is 1. The zero-order valence-corrected chi connectivity index (χ0v) is 15.8. The van der Waals surface area contributed by atoms with Gasteiger partial charge >= 0.3 is 0 Å². The molecule has 1 saturated carbocycles. The van der Waals surface area contributed by atoms with Crippen LogP contribution >= 0.6 is 0 Å². The quantitative estimate of drug-likeness (QED) is 0.837. The molecule has 2 atom stereocenters. The number of hydrogen-bond donors (Lipinski definition) is 0. The fourth-order valence-corrected chi connectivity index (χ4v) is 4.95. The molecule has 3 aliphatic heterocycles. The number of imidazole rings is 1. The normalized spacial score (nSPS) is 26.0. The fraction of sp³-hybridized carbons (Fsp3) is 0.545. The van der Waals surface area contributed by atoms with E-state index in [0.717, 1.165) is 30.3 Å². The highest BCUT2D eigenvalue weighted by Crippen LogP contribution is 2.33. The molecule has 0 spiro atoms. The van der Waals surface area contributed by atoms with E-state index in [-0.39, 0.29) is 5.91 Å². The molecule has 1 aromatic heterocycles. The molecule has 27 heavy (non-hydrogen) atoms. The van der Waals surface area contributed by atoms with Gasteiger partial charge in [-0.2, -0.15) is 0 Å². The molecule has 2 bridgehead atoms. The molecule has 5 nitrogen and oxygen atoms in total. The average Bonchev–Trinajstić information content (AvgIpc) is 3.05. The number of nitrogens with zero attached hydrogens (tertiary/aromatic N) is 4. The Morgan fingerprint density at radius 1 is 1.04 bits per heavy atom. The zero-order chi connectivity index (χ0) is 18.2. The maximum absolute atomic E-state index is 13.2. The molecule has 1 amide bonds. The van der Waals surface area contributed by atoms with E-state index in [1.807, 2.05) is 35.0 Å². The van der Waals surface area contributed by atoms with Crippen molar-refractivity contribution < 1.29 is 4.79 Å². The Labute approximate surface area is 161 Å². The Morgan fingerprint density at radius 3 is 2.59 bits per heavy atom. The molecule has 142 valence electrons. The number of rotatable bonds is 4. The molecule has 0 N–H and O–H groups in total. The van der Waals surface area contributed by atoms with Crippen LogP contribution in [0.4, 0.5) is 0 Å². The number of carbonyl (C=O) groups excluding carboxylic acids is 1. The highest BCUT2D eigenvalue weighted by Gasteiger charge is 2.37. The Hall–Kier alpha value is -2.14. The molecule has 6 rings (SSSR count). The summed E-state index contributed by atoms with van der Waals surface area (Å²) in [6.45, 7) is 4.25.